The van der Waals surface area contributed by atoms with Crippen LogP contribution in [0.2, 0.25) is 0 Å². The molecule has 0 aliphatic heterocycles. The van der Waals surface area contributed by atoms with Crippen molar-refractivity contribution in [2.45, 2.75) is 11.8 Å². The van der Waals surface area contributed by atoms with E-state index in [1.807, 2.05) is 22.6 Å². The molecule has 0 N–H and O–H groups in total. The topological polar surface area (TPSA) is 63.7 Å². The van der Waals surface area contributed by atoms with E-state index < -0.39 is 28.4 Å². The van der Waals surface area contributed by atoms with E-state index in [9.17, 15) is 17.6 Å². The molecule has 2 aromatic carbocycles. The zero-order valence-electron chi connectivity index (χ0n) is 12.8. The van der Waals surface area contributed by atoms with Gasteiger partial charge in [-0.05, 0) is 65.9 Å². The van der Waals surface area contributed by atoms with Crippen molar-refractivity contribution in [1.82, 2.24) is 0 Å². The highest BCUT2D eigenvalue weighted by Gasteiger charge is 2.29. The molecule has 0 unspecified atom stereocenters. The lowest BCUT2D eigenvalue weighted by Crippen LogP contribution is -2.37. The minimum Gasteiger partial charge on any atom is -0.465 e. The summed E-state index contributed by atoms with van der Waals surface area (Å²) in [6.07, 6.45) is 0. The number of ether oxygens (including phenoxy) is 1. The van der Waals surface area contributed by atoms with Crippen LogP contribution >= 0.6 is 22.6 Å². The summed E-state index contributed by atoms with van der Waals surface area (Å²) in [7, 11) is -4.05. The first-order valence-electron chi connectivity index (χ1n) is 7.04. The maximum atomic E-state index is 13.1. The zero-order chi connectivity index (χ0) is 17.7. The van der Waals surface area contributed by atoms with Gasteiger partial charge in [0.15, 0.2) is 0 Å². The van der Waals surface area contributed by atoms with Gasteiger partial charge in [0.1, 0.15) is 12.4 Å². The standard InChI is InChI=1S/C16H15FINO4S/c1-2-23-16(20)11-19(15-6-4-3-5-14(15)18)24(21,22)13-9-7-12(17)8-10-13/h3-10H,2,11H2,1H3. The number of rotatable bonds is 6. The zero-order valence-corrected chi connectivity index (χ0v) is 15.8. The first kappa shape index (κ1) is 18.7. The van der Waals surface area contributed by atoms with Crippen molar-refractivity contribution in [3.8, 4) is 0 Å². The molecule has 2 aromatic rings. The predicted molar refractivity (Wildman–Crippen MR) is 96.7 cm³/mol. The SMILES string of the molecule is CCOC(=O)CN(c1ccccc1I)S(=O)(=O)c1ccc(F)cc1. The van der Waals surface area contributed by atoms with E-state index in [4.69, 9.17) is 4.74 Å². The second-order valence-corrected chi connectivity index (χ2v) is 7.75. The fraction of sp³-hybridized carbons (Fsp3) is 0.188. The van der Waals surface area contributed by atoms with Gasteiger partial charge in [-0.2, -0.15) is 0 Å². The number of hydrogen-bond acceptors (Lipinski definition) is 4. The van der Waals surface area contributed by atoms with Crippen LogP contribution in [-0.2, 0) is 19.6 Å². The lowest BCUT2D eigenvalue weighted by Gasteiger charge is -2.24. The molecular formula is C16H15FINO4S. The summed E-state index contributed by atoms with van der Waals surface area (Å²) >= 11 is 1.99. The molecule has 5 nitrogen and oxygen atoms in total. The third kappa shape index (κ3) is 4.23. The van der Waals surface area contributed by atoms with Gasteiger partial charge in [0.2, 0.25) is 0 Å². The highest BCUT2D eigenvalue weighted by molar-refractivity contribution is 14.1. The average molecular weight is 463 g/mol. The molecule has 0 bridgehead atoms. The molecule has 0 radical (unpaired) electrons. The molecule has 0 saturated heterocycles. The first-order chi connectivity index (χ1) is 11.4. The number of para-hydroxylation sites is 1. The molecule has 0 saturated carbocycles. The number of hydrogen-bond donors (Lipinski definition) is 0. The van der Waals surface area contributed by atoms with Crippen LogP contribution in [0.1, 0.15) is 6.92 Å². The van der Waals surface area contributed by atoms with Gasteiger partial charge < -0.3 is 4.74 Å². The highest BCUT2D eigenvalue weighted by atomic mass is 127. The molecule has 0 aromatic heterocycles. The van der Waals surface area contributed by atoms with Crippen LogP contribution in [0.5, 0.6) is 0 Å². The van der Waals surface area contributed by atoms with Crippen LogP contribution in [0.4, 0.5) is 10.1 Å². The van der Waals surface area contributed by atoms with E-state index in [-0.39, 0.29) is 11.5 Å². The summed E-state index contributed by atoms with van der Waals surface area (Å²) in [5, 5.41) is 0. The summed E-state index contributed by atoms with van der Waals surface area (Å²) < 4.78 is 45.5. The smallest absolute Gasteiger partial charge is 0.326 e. The molecule has 0 atom stereocenters. The summed E-state index contributed by atoms with van der Waals surface area (Å²) in [6, 6.07) is 11.2. The van der Waals surface area contributed by atoms with E-state index in [0.29, 0.717) is 9.26 Å². The van der Waals surface area contributed by atoms with Crippen LogP contribution in [0.15, 0.2) is 53.4 Å². The van der Waals surface area contributed by atoms with Gasteiger partial charge in [-0.15, -0.1) is 0 Å². The summed E-state index contributed by atoms with van der Waals surface area (Å²) in [6.45, 7) is 1.33. The minimum absolute atomic E-state index is 0.104. The van der Waals surface area contributed by atoms with Crippen molar-refractivity contribution in [1.29, 1.82) is 0 Å². The first-order valence-corrected chi connectivity index (χ1v) is 9.56. The fourth-order valence-corrected chi connectivity index (χ4v) is 4.28. The van der Waals surface area contributed by atoms with Crippen molar-refractivity contribution in [3.63, 3.8) is 0 Å². The Kier molecular flexibility index (Phi) is 6.16. The average Bonchev–Trinajstić information content (AvgIpc) is 2.54. The largest absolute Gasteiger partial charge is 0.465 e. The normalized spacial score (nSPS) is 11.1. The van der Waals surface area contributed by atoms with Crippen LogP contribution < -0.4 is 4.31 Å². The van der Waals surface area contributed by atoms with Crippen LogP contribution in [-0.4, -0.2) is 27.5 Å². The van der Waals surface area contributed by atoms with Gasteiger partial charge in [-0.3, -0.25) is 9.10 Å². The number of carbonyl (C=O) groups is 1. The summed E-state index contributed by atoms with van der Waals surface area (Å²) in [4.78, 5) is 11.8. The number of sulfonamides is 1. The third-order valence-electron chi connectivity index (χ3n) is 3.10. The Morgan fingerprint density at radius 3 is 2.38 bits per heavy atom. The van der Waals surface area contributed by atoms with E-state index in [1.165, 1.54) is 12.1 Å². The molecule has 0 aliphatic carbocycles. The van der Waals surface area contributed by atoms with Gasteiger partial charge in [0, 0.05) is 3.57 Å². The van der Waals surface area contributed by atoms with Gasteiger partial charge in [-0.25, -0.2) is 12.8 Å². The summed E-state index contributed by atoms with van der Waals surface area (Å²) in [5.41, 5.74) is 0.357. The predicted octanol–water partition coefficient (Wildman–Crippen LogP) is 3.19. The maximum absolute atomic E-state index is 13.1. The molecule has 0 amide bonds. The molecular weight excluding hydrogens is 448 g/mol. The van der Waals surface area contributed by atoms with E-state index in [2.05, 4.69) is 0 Å². The Hall–Kier alpha value is -1.68. The Bertz CT molecular complexity index is 824. The molecule has 128 valence electrons. The van der Waals surface area contributed by atoms with Crippen LogP contribution in [0.3, 0.4) is 0 Å². The molecule has 0 heterocycles. The van der Waals surface area contributed by atoms with Gasteiger partial charge in [0.25, 0.3) is 10.0 Å². The Labute approximate surface area is 153 Å². The van der Waals surface area contributed by atoms with Crippen LogP contribution in [0.25, 0.3) is 0 Å². The maximum Gasteiger partial charge on any atom is 0.326 e. The van der Waals surface area contributed by atoms with Crippen molar-refractivity contribution >= 4 is 44.3 Å². The second kappa shape index (κ2) is 7.93. The van der Waals surface area contributed by atoms with Gasteiger partial charge >= 0.3 is 5.97 Å². The van der Waals surface area contributed by atoms with Crippen molar-refractivity contribution < 1.29 is 22.3 Å². The number of esters is 1. The Morgan fingerprint density at radius 1 is 1.17 bits per heavy atom. The molecule has 0 fully saturated rings. The minimum atomic E-state index is -4.05. The second-order valence-electron chi connectivity index (χ2n) is 4.72. The molecule has 8 heteroatoms. The number of anilines is 1. The lowest BCUT2D eigenvalue weighted by molar-refractivity contribution is -0.141. The van der Waals surface area contributed by atoms with Crippen molar-refractivity contribution in [2.75, 3.05) is 17.5 Å². The Morgan fingerprint density at radius 2 is 1.79 bits per heavy atom. The highest BCUT2D eigenvalue weighted by Crippen LogP contribution is 2.28. The van der Waals surface area contributed by atoms with Crippen molar-refractivity contribution in [2.24, 2.45) is 0 Å². The monoisotopic (exact) mass is 463 g/mol. The lowest BCUT2D eigenvalue weighted by atomic mass is 10.3. The van der Waals surface area contributed by atoms with Crippen LogP contribution in [0, 0.1) is 9.39 Å². The molecule has 0 aliphatic rings. The third-order valence-corrected chi connectivity index (χ3v) is 5.79. The molecule has 24 heavy (non-hydrogen) atoms. The summed E-state index contributed by atoms with van der Waals surface area (Å²) in [5.74, 6) is -1.21. The van der Waals surface area contributed by atoms with Gasteiger partial charge in [-0.1, -0.05) is 12.1 Å². The van der Waals surface area contributed by atoms with Crippen molar-refractivity contribution in [3.05, 3.63) is 57.9 Å². The number of halogens is 2. The van der Waals surface area contributed by atoms with E-state index in [0.717, 1.165) is 16.4 Å². The molecule has 2 rings (SSSR count). The Balaban J connectivity index is 2.50. The van der Waals surface area contributed by atoms with E-state index >= 15 is 0 Å². The fourth-order valence-electron chi connectivity index (χ4n) is 2.01. The number of benzene rings is 2. The van der Waals surface area contributed by atoms with E-state index in [1.54, 1.807) is 31.2 Å². The van der Waals surface area contributed by atoms with Gasteiger partial charge in [0.05, 0.1) is 17.2 Å². The number of carbonyl (C=O) groups excluding carboxylic acids is 1. The molecule has 0 spiro atoms. The number of nitrogens with zero attached hydrogens (tertiary/aromatic N) is 1. The quantitative estimate of drug-likeness (QED) is 0.488.